The van der Waals surface area contributed by atoms with Crippen molar-refractivity contribution in [3.8, 4) is 11.1 Å². The number of hydrogen-bond donors (Lipinski definition) is 1. The second kappa shape index (κ2) is 7.39. The molecule has 1 aliphatic rings. The molecule has 0 N–H and O–H groups in total. The van der Waals surface area contributed by atoms with Gasteiger partial charge in [-0.15, -0.1) is 0 Å². The summed E-state index contributed by atoms with van der Waals surface area (Å²) in [5, 5.41) is 0. The Bertz CT molecular complexity index is 1010. The van der Waals surface area contributed by atoms with E-state index in [-0.39, 0.29) is 5.75 Å². The van der Waals surface area contributed by atoms with Gasteiger partial charge < -0.3 is 9.64 Å². The number of thiol groups is 1. The van der Waals surface area contributed by atoms with E-state index < -0.39 is 10.7 Å². The lowest BCUT2D eigenvalue weighted by Gasteiger charge is -2.27. The molecule has 0 amide bonds. The molecule has 4 rings (SSSR count). The molecular formula is C19H19N3O3S. The lowest BCUT2D eigenvalue weighted by atomic mass is 10.0. The summed E-state index contributed by atoms with van der Waals surface area (Å²) in [7, 11) is -2.44. The molecule has 0 atom stereocenters. The molecular weight excluding hydrogens is 350 g/mol. The van der Waals surface area contributed by atoms with Gasteiger partial charge in [0.25, 0.3) is 0 Å². The molecule has 0 spiro atoms. The minimum atomic E-state index is -2.44. The normalized spacial score (nSPS) is 14.9. The van der Waals surface area contributed by atoms with Gasteiger partial charge in [-0.2, -0.15) is 0 Å². The highest BCUT2D eigenvalue weighted by atomic mass is 32.2. The van der Waals surface area contributed by atoms with Crippen molar-refractivity contribution in [2.75, 3.05) is 31.2 Å². The zero-order valence-electron chi connectivity index (χ0n) is 14.2. The average molecular weight is 369 g/mol. The van der Waals surface area contributed by atoms with Crippen LogP contribution < -0.4 is 4.90 Å². The van der Waals surface area contributed by atoms with Gasteiger partial charge in [-0.3, -0.25) is 4.98 Å². The van der Waals surface area contributed by atoms with E-state index >= 15 is 0 Å². The van der Waals surface area contributed by atoms with E-state index in [1.54, 1.807) is 6.20 Å². The third-order valence-corrected chi connectivity index (χ3v) is 5.06. The lowest BCUT2D eigenvalue weighted by molar-refractivity contribution is 0.122. The van der Waals surface area contributed by atoms with E-state index in [4.69, 9.17) is 9.72 Å². The van der Waals surface area contributed by atoms with Crippen molar-refractivity contribution in [2.45, 2.75) is 5.75 Å². The quantitative estimate of drug-likeness (QED) is 0.711. The van der Waals surface area contributed by atoms with Crippen molar-refractivity contribution in [2.24, 2.45) is 0 Å². The minimum Gasteiger partial charge on any atom is -0.378 e. The third-order valence-electron chi connectivity index (χ3n) is 4.44. The Hall–Kier alpha value is -2.51. The maximum absolute atomic E-state index is 11.0. The first kappa shape index (κ1) is 16.9. The molecule has 1 fully saturated rings. The summed E-state index contributed by atoms with van der Waals surface area (Å²) in [6.45, 7) is 3.04. The molecule has 1 aliphatic heterocycles. The van der Waals surface area contributed by atoms with Crippen LogP contribution in [0.2, 0.25) is 0 Å². The largest absolute Gasteiger partial charge is 0.378 e. The maximum atomic E-state index is 11.0. The third kappa shape index (κ3) is 3.68. The number of morpholine rings is 1. The predicted octanol–water partition coefficient (Wildman–Crippen LogP) is 2.24. The van der Waals surface area contributed by atoms with Crippen LogP contribution >= 0.6 is 0 Å². The Morgan fingerprint density at radius 2 is 1.81 bits per heavy atom. The molecule has 1 aromatic heterocycles. The first-order valence-corrected chi connectivity index (χ1v) is 9.86. The van der Waals surface area contributed by atoms with Crippen LogP contribution in [0.3, 0.4) is 0 Å². The molecule has 6 nitrogen and oxygen atoms in total. The van der Waals surface area contributed by atoms with Crippen molar-refractivity contribution in [1.82, 2.24) is 9.97 Å². The van der Waals surface area contributed by atoms with Crippen molar-refractivity contribution in [1.29, 1.82) is 0 Å². The van der Waals surface area contributed by atoms with Crippen molar-refractivity contribution in [3.05, 3.63) is 54.2 Å². The van der Waals surface area contributed by atoms with Crippen molar-refractivity contribution < 1.29 is 13.2 Å². The van der Waals surface area contributed by atoms with Gasteiger partial charge in [-0.25, -0.2) is 13.4 Å². The number of nitrogens with zero attached hydrogens (tertiary/aromatic N) is 3. The summed E-state index contributed by atoms with van der Waals surface area (Å²) in [6, 6.07) is 13.5. The second-order valence-electron chi connectivity index (χ2n) is 6.22. The Morgan fingerprint density at radius 3 is 2.62 bits per heavy atom. The van der Waals surface area contributed by atoms with Crippen LogP contribution in [0.25, 0.3) is 22.2 Å². The van der Waals surface area contributed by atoms with Crippen molar-refractivity contribution >= 4 is 27.6 Å². The Labute approximate surface area is 153 Å². The summed E-state index contributed by atoms with van der Waals surface area (Å²) in [6.07, 6.45) is 1.80. The average Bonchev–Trinajstić information content (AvgIpc) is 2.67. The van der Waals surface area contributed by atoms with Gasteiger partial charge in [0.1, 0.15) is 16.5 Å². The number of fused-ring (bicyclic) bond motifs is 1. The summed E-state index contributed by atoms with van der Waals surface area (Å²) < 4.78 is 27.4. The molecule has 0 saturated carbocycles. The fourth-order valence-corrected chi connectivity index (χ4v) is 3.62. The molecule has 0 radical (unpaired) electrons. The standard InChI is InChI=1S/C19H19N3O3S/c23-26(24)13-14-2-1-3-15(10-14)16-4-5-17-18(11-16)21-19(12-20-17)22-6-8-25-9-7-22/h1-5,10-12,26H,6-9,13H2. The van der Waals surface area contributed by atoms with E-state index in [9.17, 15) is 8.42 Å². The minimum absolute atomic E-state index is 0.0533. The Kier molecular flexibility index (Phi) is 4.81. The Morgan fingerprint density at radius 1 is 1.00 bits per heavy atom. The van der Waals surface area contributed by atoms with Crippen molar-refractivity contribution in [3.63, 3.8) is 0 Å². The van der Waals surface area contributed by atoms with Gasteiger partial charge in [0.15, 0.2) is 0 Å². The van der Waals surface area contributed by atoms with Gasteiger partial charge in [0.2, 0.25) is 0 Å². The smallest absolute Gasteiger partial charge is 0.148 e. The molecule has 2 aromatic carbocycles. The molecule has 0 aliphatic carbocycles. The monoisotopic (exact) mass is 369 g/mol. The summed E-state index contributed by atoms with van der Waals surface area (Å²) in [5.41, 5.74) is 4.41. The number of ether oxygens (including phenoxy) is 1. The van der Waals surface area contributed by atoms with Crippen LogP contribution in [0.1, 0.15) is 5.56 Å². The fourth-order valence-electron chi connectivity index (χ4n) is 3.12. The van der Waals surface area contributed by atoms with E-state index in [0.29, 0.717) is 13.2 Å². The van der Waals surface area contributed by atoms with Crippen LogP contribution in [-0.4, -0.2) is 44.7 Å². The zero-order valence-corrected chi connectivity index (χ0v) is 15.1. The highest BCUT2D eigenvalue weighted by Gasteiger charge is 2.13. The number of hydrogen-bond acceptors (Lipinski definition) is 6. The summed E-state index contributed by atoms with van der Waals surface area (Å²) in [5.74, 6) is 0.910. The van der Waals surface area contributed by atoms with Gasteiger partial charge in [0, 0.05) is 13.1 Å². The first-order chi connectivity index (χ1) is 12.7. The first-order valence-electron chi connectivity index (χ1n) is 8.50. The highest BCUT2D eigenvalue weighted by molar-refractivity contribution is 7.71. The second-order valence-corrected chi connectivity index (χ2v) is 7.20. The van der Waals surface area contributed by atoms with Crippen LogP contribution in [0.15, 0.2) is 48.7 Å². The SMILES string of the molecule is O=[SH](=O)Cc1cccc(-c2ccc3ncc(N4CCOCC4)nc3c2)c1. The van der Waals surface area contributed by atoms with Crippen LogP contribution in [0, 0.1) is 0 Å². The van der Waals surface area contributed by atoms with E-state index in [2.05, 4.69) is 9.88 Å². The zero-order chi connectivity index (χ0) is 17.9. The Balaban J connectivity index is 1.70. The fraction of sp³-hybridized carbons (Fsp3) is 0.263. The van der Waals surface area contributed by atoms with Crippen LogP contribution in [0.5, 0.6) is 0 Å². The van der Waals surface area contributed by atoms with Gasteiger partial charge in [-0.1, -0.05) is 30.3 Å². The van der Waals surface area contributed by atoms with E-state index in [0.717, 1.165) is 46.6 Å². The summed E-state index contributed by atoms with van der Waals surface area (Å²) in [4.78, 5) is 11.5. The number of benzene rings is 2. The van der Waals surface area contributed by atoms with E-state index in [1.165, 1.54) is 0 Å². The molecule has 134 valence electrons. The number of rotatable bonds is 4. The van der Waals surface area contributed by atoms with Crippen LogP contribution in [-0.2, 0) is 21.2 Å². The molecule has 26 heavy (non-hydrogen) atoms. The summed E-state index contributed by atoms with van der Waals surface area (Å²) >= 11 is 0. The molecule has 0 bridgehead atoms. The van der Waals surface area contributed by atoms with Gasteiger partial charge in [0.05, 0.1) is 36.2 Å². The number of anilines is 1. The predicted molar refractivity (Wildman–Crippen MR) is 102 cm³/mol. The molecule has 1 saturated heterocycles. The van der Waals surface area contributed by atoms with Crippen LogP contribution in [0.4, 0.5) is 5.82 Å². The molecule has 7 heteroatoms. The topological polar surface area (TPSA) is 72.4 Å². The lowest BCUT2D eigenvalue weighted by Crippen LogP contribution is -2.36. The maximum Gasteiger partial charge on any atom is 0.148 e. The molecule has 2 heterocycles. The van der Waals surface area contributed by atoms with E-state index in [1.807, 2.05) is 42.5 Å². The molecule has 3 aromatic rings. The van der Waals surface area contributed by atoms with Gasteiger partial charge >= 0.3 is 0 Å². The molecule has 0 unspecified atom stereocenters. The highest BCUT2D eigenvalue weighted by Crippen LogP contribution is 2.25. The van der Waals surface area contributed by atoms with Gasteiger partial charge in [-0.05, 0) is 28.8 Å². The number of aromatic nitrogens is 2.